The lowest BCUT2D eigenvalue weighted by atomic mass is 10.00. The van der Waals surface area contributed by atoms with Crippen LogP contribution in [0.2, 0.25) is 0 Å². The SMILES string of the molecule is CCCC(C)N1CCC(N(Cc2ccccc2)C(=O)Nc2ccc3c(c2)CCC3)CC1. The van der Waals surface area contributed by atoms with E-state index < -0.39 is 0 Å². The van der Waals surface area contributed by atoms with Gasteiger partial charge in [0.25, 0.3) is 0 Å². The molecule has 0 spiro atoms. The first-order chi connectivity index (χ1) is 15.1. The first kappa shape index (κ1) is 21.9. The summed E-state index contributed by atoms with van der Waals surface area (Å²) in [5.74, 6) is 0. The Hall–Kier alpha value is -2.33. The highest BCUT2D eigenvalue weighted by Crippen LogP contribution is 2.26. The highest BCUT2D eigenvalue weighted by Gasteiger charge is 2.29. The number of fused-ring (bicyclic) bond motifs is 1. The molecule has 1 saturated heterocycles. The first-order valence-corrected chi connectivity index (χ1v) is 12.1. The van der Waals surface area contributed by atoms with Gasteiger partial charge in [-0.05, 0) is 74.3 Å². The molecular weight excluding hydrogens is 382 g/mol. The van der Waals surface area contributed by atoms with E-state index in [1.807, 2.05) is 6.07 Å². The predicted molar refractivity (Wildman–Crippen MR) is 128 cm³/mol. The number of piperidine rings is 1. The molecule has 2 amide bonds. The maximum absolute atomic E-state index is 13.4. The van der Waals surface area contributed by atoms with E-state index in [0.29, 0.717) is 12.6 Å². The van der Waals surface area contributed by atoms with Crippen molar-refractivity contribution in [2.45, 2.75) is 77.4 Å². The van der Waals surface area contributed by atoms with Gasteiger partial charge < -0.3 is 15.1 Å². The van der Waals surface area contributed by atoms with Gasteiger partial charge in [-0.25, -0.2) is 4.79 Å². The molecule has 31 heavy (non-hydrogen) atoms. The summed E-state index contributed by atoms with van der Waals surface area (Å²) in [5.41, 5.74) is 4.95. The van der Waals surface area contributed by atoms with Gasteiger partial charge in [0.2, 0.25) is 0 Å². The number of rotatable bonds is 7. The van der Waals surface area contributed by atoms with Crippen LogP contribution < -0.4 is 5.32 Å². The molecule has 1 atom stereocenters. The van der Waals surface area contributed by atoms with E-state index in [9.17, 15) is 4.79 Å². The zero-order valence-electron chi connectivity index (χ0n) is 19.1. The summed E-state index contributed by atoms with van der Waals surface area (Å²) in [6.45, 7) is 7.40. The normalized spacial score (nSPS) is 17.9. The third-order valence-corrected chi connectivity index (χ3v) is 7.08. The molecule has 1 N–H and O–H groups in total. The Morgan fingerprint density at radius 2 is 1.84 bits per heavy atom. The maximum Gasteiger partial charge on any atom is 0.322 e. The van der Waals surface area contributed by atoms with Crippen LogP contribution in [-0.4, -0.2) is 41.0 Å². The second-order valence-electron chi connectivity index (χ2n) is 9.29. The van der Waals surface area contributed by atoms with Gasteiger partial charge in [-0.2, -0.15) is 0 Å². The lowest BCUT2D eigenvalue weighted by Gasteiger charge is -2.40. The predicted octanol–water partition coefficient (Wildman–Crippen LogP) is 5.86. The van der Waals surface area contributed by atoms with Crippen molar-refractivity contribution in [2.75, 3.05) is 18.4 Å². The van der Waals surface area contributed by atoms with Gasteiger partial charge in [-0.15, -0.1) is 0 Å². The Labute approximate surface area is 187 Å². The average molecular weight is 420 g/mol. The summed E-state index contributed by atoms with van der Waals surface area (Å²) in [5, 5.41) is 3.22. The van der Waals surface area contributed by atoms with E-state index >= 15 is 0 Å². The molecule has 4 nitrogen and oxygen atoms in total. The van der Waals surface area contributed by atoms with Crippen molar-refractivity contribution >= 4 is 11.7 Å². The van der Waals surface area contributed by atoms with Gasteiger partial charge in [-0.1, -0.05) is 49.7 Å². The van der Waals surface area contributed by atoms with Crippen molar-refractivity contribution in [3.05, 3.63) is 65.2 Å². The molecule has 1 unspecified atom stereocenters. The molecule has 2 aromatic carbocycles. The van der Waals surface area contributed by atoms with Gasteiger partial charge in [0.05, 0.1) is 0 Å². The van der Waals surface area contributed by atoms with Gasteiger partial charge in [-0.3, -0.25) is 0 Å². The van der Waals surface area contributed by atoms with Crippen LogP contribution in [0.25, 0.3) is 0 Å². The summed E-state index contributed by atoms with van der Waals surface area (Å²) in [4.78, 5) is 18.1. The molecule has 2 aromatic rings. The number of likely N-dealkylation sites (tertiary alicyclic amines) is 1. The first-order valence-electron chi connectivity index (χ1n) is 12.1. The zero-order valence-corrected chi connectivity index (χ0v) is 19.1. The van der Waals surface area contributed by atoms with E-state index in [1.165, 1.54) is 42.4 Å². The Morgan fingerprint density at radius 3 is 2.58 bits per heavy atom. The summed E-state index contributed by atoms with van der Waals surface area (Å²) in [6, 6.07) is 17.8. The monoisotopic (exact) mass is 419 g/mol. The molecule has 0 radical (unpaired) electrons. The highest BCUT2D eigenvalue weighted by atomic mass is 16.2. The number of carbonyl (C=O) groups is 1. The number of nitrogens with one attached hydrogen (secondary N) is 1. The van der Waals surface area contributed by atoms with Crippen molar-refractivity contribution in [2.24, 2.45) is 0 Å². The Bertz CT molecular complexity index is 858. The lowest BCUT2D eigenvalue weighted by Crippen LogP contribution is -2.50. The number of amides is 2. The minimum Gasteiger partial charge on any atom is -0.317 e. The molecule has 0 bridgehead atoms. The smallest absolute Gasteiger partial charge is 0.317 e. The van der Waals surface area contributed by atoms with Crippen molar-refractivity contribution in [1.29, 1.82) is 0 Å². The molecule has 1 fully saturated rings. The third kappa shape index (κ3) is 5.48. The summed E-state index contributed by atoms with van der Waals surface area (Å²) < 4.78 is 0. The van der Waals surface area contributed by atoms with Crippen LogP contribution in [0.1, 0.15) is 62.6 Å². The second-order valence-corrected chi connectivity index (χ2v) is 9.29. The van der Waals surface area contributed by atoms with Crippen molar-refractivity contribution in [3.63, 3.8) is 0 Å². The minimum atomic E-state index is 0.0295. The van der Waals surface area contributed by atoms with E-state index in [4.69, 9.17) is 0 Å². The molecule has 0 saturated carbocycles. The van der Waals surface area contributed by atoms with Crippen molar-refractivity contribution < 1.29 is 4.79 Å². The second kappa shape index (κ2) is 10.3. The fourth-order valence-electron chi connectivity index (χ4n) is 5.23. The summed E-state index contributed by atoms with van der Waals surface area (Å²) in [6.07, 6.45) is 8.07. The Morgan fingerprint density at radius 1 is 1.10 bits per heavy atom. The van der Waals surface area contributed by atoms with Gasteiger partial charge in [0.1, 0.15) is 0 Å². The molecular formula is C27H37N3O. The fourth-order valence-corrected chi connectivity index (χ4v) is 5.23. The summed E-state index contributed by atoms with van der Waals surface area (Å²) >= 11 is 0. The number of aryl methyl sites for hydroxylation is 2. The number of hydrogen-bond donors (Lipinski definition) is 1. The van der Waals surface area contributed by atoms with Crippen LogP contribution in [0, 0.1) is 0 Å². The molecule has 4 heteroatoms. The van der Waals surface area contributed by atoms with E-state index in [0.717, 1.165) is 38.0 Å². The van der Waals surface area contributed by atoms with Crippen LogP contribution in [-0.2, 0) is 19.4 Å². The number of urea groups is 1. The van der Waals surface area contributed by atoms with Crippen LogP contribution in [0.4, 0.5) is 10.5 Å². The van der Waals surface area contributed by atoms with E-state index in [1.54, 1.807) is 0 Å². The molecule has 4 rings (SSSR count). The van der Waals surface area contributed by atoms with Crippen LogP contribution >= 0.6 is 0 Å². The maximum atomic E-state index is 13.4. The van der Waals surface area contributed by atoms with Gasteiger partial charge in [0, 0.05) is 37.4 Å². The molecule has 0 aromatic heterocycles. The highest BCUT2D eigenvalue weighted by molar-refractivity contribution is 5.89. The molecule has 166 valence electrons. The molecule has 1 aliphatic heterocycles. The number of hydrogen-bond acceptors (Lipinski definition) is 2. The largest absolute Gasteiger partial charge is 0.322 e. The Balaban J connectivity index is 1.46. The average Bonchev–Trinajstić information content (AvgIpc) is 3.26. The minimum absolute atomic E-state index is 0.0295. The zero-order chi connectivity index (χ0) is 21.6. The van der Waals surface area contributed by atoms with E-state index in [-0.39, 0.29) is 12.1 Å². The third-order valence-electron chi connectivity index (χ3n) is 7.08. The topological polar surface area (TPSA) is 35.6 Å². The van der Waals surface area contributed by atoms with E-state index in [2.05, 4.69) is 71.4 Å². The quantitative estimate of drug-likeness (QED) is 0.610. The van der Waals surface area contributed by atoms with Crippen LogP contribution in [0.15, 0.2) is 48.5 Å². The fraction of sp³-hybridized carbons (Fsp3) is 0.519. The number of benzene rings is 2. The lowest BCUT2D eigenvalue weighted by molar-refractivity contribution is 0.0989. The molecule has 1 aliphatic carbocycles. The number of anilines is 1. The number of nitrogens with zero attached hydrogens (tertiary/aromatic N) is 2. The Kier molecular flexibility index (Phi) is 7.29. The summed E-state index contributed by atoms with van der Waals surface area (Å²) in [7, 11) is 0. The van der Waals surface area contributed by atoms with Crippen LogP contribution in [0.5, 0.6) is 0 Å². The number of carbonyl (C=O) groups excluding carboxylic acids is 1. The van der Waals surface area contributed by atoms with Crippen molar-refractivity contribution in [1.82, 2.24) is 9.80 Å². The molecule has 1 heterocycles. The standard InChI is InChI=1S/C27H37N3O/c1-3-8-21(2)29-17-15-26(16-18-29)30(20-22-9-5-4-6-10-22)27(31)28-25-14-13-23-11-7-12-24(23)19-25/h4-6,9-10,13-14,19,21,26H,3,7-8,11-12,15-18,20H2,1-2H3,(H,28,31). The molecule has 2 aliphatic rings. The van der Waals surface area contributed by atoms with Gasteiger partial charge >= 0.3 is 6.03 Å². The van der Waals surface area contributed by atoms with Gasteiger partial charge in [0.15, 0.2) is 0 Å². The van der Waals surface area contributed by atoms with Crippen molar-refractivity contribution in [3.8, 4) is 0 Å². The van der Waals surface area contributed by atoms with Crippen LogP contribution in [0.3, 0.4) is 0 Å².